The molecule has 1 N–H and O–H groups in total. The molecule has 0 bridgehead atoms. The molecule has 0 fully saturated rings. The van der Waals surface area contributed by atoms with Crippen molar-refractivity contribution in [1.29, 1.82) is 5.26 Å². The van der Waals surface area contributed by atoms with Crippen molar-refractivity contribution in [3.05, 3.63) is 29.6 Å². The van der Waals surface area contributed by atoms with Crippen LogP contribution in [0.15, 0.2) is 18.2 Å². The number of aliphatic carboxylic acids is 1. The number of halogens is 1. The average molecular weight is 209 g/mol. The Morgan fingerprint density at radius 3 is 2.80 bits per heavy atom. The molecule has 0 aliphatic rings. The first-order valence-electron chi connectivity index (χ1n) is 4.13. The van der Waals surface area contributed by atoms with Crippen LogP contribution in [-0.2, 0) is 4.79 Å². The molecule has 0 saturated heterocycles. The van der Waals surface area contributed by atoms with E-state index in [0.29, 0.717) is 0 Å². The van der Waals surface area contributed by atoms with Crippen LogP contribution in [0.4, 0.5) is 4.39 Å². The minimum absolute atomic E-state index is 0.0846. The SMILES string of the molecule is C[C@H](Oc1ccc(C#N)c(F)c1)C(=O)O. The number of carboxylic acids is 1. The highest BCUT2D eigenvalue weighted by Crippen LogP contribution is 2.17. The Balaban J connectivity index is 2.85. The molecule has 78 valence electrons. The average Bonchev–Trinajstić information content (AvgIpc) is 2.18. The van der Waals surface area contributed by atoms with Crippen molar-refractivity contribution in [2.75, 3.05) is 0 Å². The summed E-state index contributed by atoms with van der Waals surface area (Å²) in [6.07, 6.45) is -1.06. The quantitative estimate of drug-likeness (QED) is 0.819. The third-order valence-electron chi connectivity index (χ3n) is 1.72. The summed E-state index contributed by atoms with van der Waals surface area (Å²) in [5.41, 5.74) is -0.106. The zero-order valence-corrected chi connectivity index (χ0v) is 7.90. The fourth-order valence-corrected chi connectivity index (χ4v) is 0.914. The lowest BCUT2D eigenvalue weighted by Crippen LogP contribution is -2.22. The number of nitriles is 1. The van der Waals surface area contributed by atoms with Gasteiger partial charge in [-0.15, -0.1) is 0 Å². The second kappa shape index (κ2) is 4.42. The van der Waals surface area contributed by atoms with E-state index in [9.17, 15) is 9.18 Å². The molecule has 1 rings (SSSR count). The van der Waals surface area contributed by atoms with Gasteiger partial charge in [0.15, 0.2) is 6.10 Å². The molecule has 1 atom stereocenters. The van der Waals surface area contributed by atoms with Crippen molar-refractivity contribution < 1.29 is 19.0 Å². The maximum absolute atomic E-state index is 13.1. The van der Waals surface area contributed by atoms with Crippen LogP contribution in [0.5, 0.6) is 5.75 Å². The molecule has 0 amide bonds. The van der Waals surface area contributed by atoms with Gasteiger partial charge in [0, 0.05) is 6.07 Å². The van der Waals surface area contributed by atoms with Crippen molar-refractivity contribution >= 4 is 5.97 Å². The van der Waals surface area contributed by atoms with E-state index in [1.807, 2.05) is 0 Å². The van der Waals surface area contributed by atoms with Gasteiger partial charge in [0.25, 0.3) is 0 Å². The fourth-order valence-electron chi connectivity index (χ4n) is 0.914. The van der Waals surface area contributed by atoms with Gasteiger partial charge in [-0.3, -0.25) is 0 Å². The summed E-state index contributed by atoms with van der Waals surface area (Å²) in [4.78, 5) is 10.4. The van der Waals surface area contributed by atoms with E-state index in [-0.39, 0.29) is 11.3 Å². The van der Waals surface area contributed by atoms with E-state index in [2.05, 4.69) is 0 Å². The van der Waals surface area contributed by atoms with E-state index < -0.39 is 17.9 Å². The molecule has 0 unspecified atom stereocenters. The molecule has 0 heterocycles. The number of carboxylic acid groups (broad SMARTS) is 1. The molecule has 1 aromatic rings. The Kier molecular flexibility index (Phi) is 3.24. The van der Waals surface area contributed by atoms with Gasteiger partial charge in [-0.25, -0.2) is 9.18 Å². The van der Waals surface area contributed by atoms with Gasteiger partial charge in [-0.2, -0.15) is 5.26 Å². The normalized spacial score (nSPS) is 11.5. The van der Waals surface area contributed by atoms with Crippen LogP contribution < -0.4 is 4.74 Å². The predicted octanol–water partition coefficient (Wildman–Crippen LogP) is 1.55. The molecule has 0 radical (unpaired) electrons. The van der Waals surface area contributed by atoms with E-state index in [0.717, 1.165) is 6.07 Å². The Bertz CT molecular complexity index is 425. The molecule has 1 aromatic carbocycles. The number of rotatable bonds is 3. The van der Waals surface area contributed by atoms with Crippen molar-refractivity contribution in [2.24, 2.45) is 0 Å². The summed E-state index contributed by atoms with van der Waals surface area (Å²) in [5.74, 6) is -1.78. The zero-order chi connectivity index (χ0) is 11.4. The molecular weight excluding hydrogens is 201 g/mol. The predicted molar refractivity (Wildman–Crippen MR) is 48.8 cm³/mol. The maximum atomic E-state index is 13.1. The fraction of sp³-hybridized carbons (Fsp3) is 0.200. The Morgan fingerprint density at radius 1 is 1.67 bits per heavy atom. The van der Waals surface area contributed by atoms with Crippen LogP contribution in [0.1, 0.15) is 12.5 Å². The molecule has 0 saturated carbocycles. The number of benzene rings is 1. The first-order valence-corrected chi connectivity index (χ1v) is 4.13. The van der Waals surface area contributed by atoms with Gasteiger partial charge < -0.3 is 9.84 Å². The van der Waals surface area contributed by atoms with Gasteiger partial charge in [0.2, 0.25) is 0 Å². The lowest BCUT2D eigenvalue weighted by molar-refractivity contribution is -0.144. The van der Waals surface area contributed by atoms with Gasteiger partial charge in [0.05, 0.1) is 5.56 Å². The topological polar surface area (TPSA) is 70.3 Å². The summed E-state index contributed by atoms with van der Waals surface area (Å²) in [6, 6.07) is 5.22. The Hall–Kier alpha value is -2.09. The number of hydrogen-bond acceptors (Lipinski definition) is 3. The standard InChI is InChI=1S/C10H8FNO3/c1-6(10(13)14)15-8-3-2-7(5-12)9(11)4-8/h2-4,6H,1H3,(H,13,14)/t6-/m0/s1. The summed E-state index contributed by atoms with van der Waals surface area (Å²) in [7, 11) is 0. The molecule has 5 heteroatoms. The van der Waals surface area contributed by atoms with Gasteiger partial charge in [-0.05, 0) is 19.1 Å². The van der Waals surface area contributed by atoms with E-state index in [1.165, 1.54) is 19.1 Å². The van der Waals surface area contributed by atoms with Crippen LogP contribution >= 0.6 is 0 Å². The second-order valence-electron chi connectivity index (χ2n) is 2.85. The van der Waals surface area contributed by atoms with Gasteiger partial charge >= 0.3 is 5.97 Å². The van der Waals surface area contributed by atoms with Crippen LogP contribution in [0.2, 0.25) is 0 Å². The summed E-state index contributed by atoms with van der Waals surface area (Å²) < 4.78 is 18.0. The first-order chi connectivity index (χ1) is 7.04. The highest BCUT2D eigenvalue weighted by molar-refractivity contribution is 5.72. The number of nitrogens with zero attached hydrogens (tertiary/aromatic N) is 1. The summed E-state index contributed by atoms with van der Waals surface area (Å²) >= 11 is 0. The molecule has 4 nitrogen and oxygen atoms in total. The Labute approximate surface area is 85.5 Å². The van der Waals surface area contributed by atoms with Gasteiger partial charge in [0.1, 0.15) is 17.6 Å². The molecular formula is C10H8FNO3. The summed E-state index contributed by atoms with van der Waals surface area (Å²) in [6.45, 7) is 1.33. The molecule has 0 spiro atoms. The third kappa shape index (κ3) is 2.68. The molecule has 0 aliphatic heterocycles. The van der Waals surface area contributed by atoms with Crippen LogP contribution in [0, 0.1) is 17.1 Å². The van der Waals surface area contributed by atoms with Crippen LogP contribution in [0.3, 0.4) is 0 Å². The largest absolute Gasteiger partial charge is 0.479 e. The minimum Gasteiger partial charge on any atom is -0.479 e. The first kappa shape index (κ1) is 11.0. The lowest BCUT2D eigenvalue weighted by Gasteiger charge is -2.10. The molecule has 0 aromatic heterocycles. The van der Waals surface area contributed by atoms with Crippen molar-refractivity contribution in [1.82, 2.24) is 0 Å². The minimum atomic E-state index is -1.14. The highest BCUT2D eigenvalue weighted by atomic mass is 19.1. The second-order valence-corrected chi connectivity index (χ2v) is 2.85. The number of carbonyl (C=O) groups is 1. The summed E-state index contributed by atoms with van der Waals surface area (Å²) in [5, 5.41) is 17.0. The molecule has 15 heavy (non-hydrogen) atoms. The van der Waals surface area contributed by atoms with Gasteiger partial charge in [-0.1, -0.05) is 0 Å². The zero-order valence-electron chi connectivity index (χ0n) is 7.90. The lowest BCUT2D eigenvalue weighted by atomic mass is 10.2. The highest BCUT2D eigenvalue weighted by Gasteiger charge is 2.13. The van der Waals surface area contributed by atoms with Crippen LogP contribution in [-0.4, -0.2) is 17.2 Å². The number of ether oxygens (including phenoxy) is 1. The monoisotopic (exact) mass is 209 g/mol. The van der Waals surface area contributed by atoms with Crippen molar-refractivity contribution in [2.45, 2.75) is 13.0 Å². The smallest absolute Gasteiger partial charge is 0.344 e. The van der Waals surface area contributed by atoms with E-state index >= 15 is 0 Å². The maximum Gasteiger partial charge on any atom is 0.344 e. The van der Waals surface area contributed by atoms with Crippen molar-refractivity contribution in [3.63, 3.8) is 0 Å². The van der Waals surface area contributed by atoms with E-state index in [4.69, 9.17) is 15.1 Å². The number of hydrogen-bond donors (Lipinski definition) is 1. The van der Waals surface area contributed by atoms with Crippen molar-refractivity contribution in [3.8, 4) is 11.8 Å². The molecule has 0 aliphatic carbocycles. The van der Waals surface area contributed by atoms with E-state index in [1.54, 1.807) is 6.07 Å². The van der Waals surface area contributed by atoms with Crippen LogP contribution in [0.25, 0.3) is 0 Å². The Morgan fingerprint density at radius 2 is 2.33 bits per heavy atom. The third-order valence-corrected chi connectivity index (χ3v) is 1.72.